The Hall–Kier alpha value is -2.06. The zero-order valence-corrected chi connectivity index (χ0v) is 14.3. The van der Waals surface area contributed by atoms with Gasteiger partial charge in [0.25, 0.3) is 5.22 Å². The third-order valence-corrected chi connectivity index (χ3v) is 4.47. The number of thioether (sulfide) groups is 1. The third-order valence-electron chi connectivity index (χ3n) is 3.40. The van der Waals surface area contributed by atoms with E-state index in [4.69, 9.17) is 16.0 Å². The zero-order valence-electron chi connectivity index (χ0n) is 12.7. The van der Waals surface area contributed by atoms with Crippen molar-refractivity contribution in [2.24, 2.45) is 0 Å². The summed E-state index contributed by atoms with van der Waals surface area (Å²) in [5, 5.41) is 11.5. The van der Waals surface area contributed by atoms with Gasteiger partial charge in [-0.25, -0.2) is 0 Å². The van der Waals surface area contributed by atoms with Gasteiger partial charge in [0, 0.05) is 23.7 Å². The van der Waals surface area contributed by atoms with E-state index >= 15 is 0 Å². The lowest BCUT2D eigenvalue weighted by molar-refractivity contribution is -0.128. The molecule has 0 radical (unpaired) electrons. The summed E-state index contributed by atoms with van der Waals surface area (Å²) in [6, 6.07) is 6.86. The van der Waals surface area contributed by atoms with Gasteiger partial charge < -0.3 is 14.6 Å². The number of carbonyl (C=O) groups is 2. The van der Waals surface area contributed by atoms with Gasteiger partial charge in [-0.15, -0.1) is 10.2 Å². The number of rotatable bonds is 6. The average molecular weight is 367 g/mol. The molecule has 0 aliphatic carbocycles. The standard InChI is InChI=1S/C15H15ClN4O3S/c16-10-3-5-11(6-4-10)17-12(21)9-24-15-19-18-13(23-15)8-20-7-1-2-14(20)22/h3-6H,1-2,7-9H2,(H,17,21). The van der Waals surface area contributed by atoms with Crippen molar-refractivity contribution in [1.82, 2.24) is 15.1 Å². The van der Waals surface area contributed by atoms with Crippen molar-refractivity contribution < 1.29 is 14.0 Å². The molecule has 3 rings (SSSR count). The van der Waals surface area contributed by atoms with E-state index in [1.165, 1.54) is 0 Å². The fourth-order valence-corrected chi connectivity index (χ4v) is 2.96. The minimum atomic E-state index is -0.184. The van der Waals surface area contributed by atoms with Crippen LogP contribution in [-0.4, -0.2) is 39.2 Å². The topological polar surface area (TPSA) is 88.3 Å². The lowest BCUT2D eigenvalue weighted by atomic mass is 10.3. The molecule has 1 aromatic carbocycles. The molecule has 0 saturated carbocycles. The van der Waals surface area contributed by atoms with Crippen LogP contribution in [0, 0.1) is 0 Å². The molecule has 1 aromatic heterocycles. The number of hydrogen-bond donors (Lipinski definition) is 1. The summed E-state index contributed by atoms with van der Waals surface area (Å²) in [6.07, 6.45) is 1.43. The van der Waals surface area contributed by atoms with Crippen LogP contribution in [0.1, 0.15) is 18.7 Å². The summed E-state index contributed by atoms with van der Waals surface area (Å²) in [7, 11) is 0. The monoisotopic (exact) mass is 366 g/mol. The third kappa shape index (κ3) is 4.48. The highest BCUT2D eigenvalue weighted by atomic mass is 35.5. The number of nitrogens with one attached hydrogen (secondary N) is 1. The van der Waals surface area contributed by atoms with Crippen LogP contribution < -0.4 is 5.32 Å². The van der Waals surface area contributed by atoms with E-state index in [-0.39, 0.29) is 17.6 Å². The van der Waals surface area contributed by atoms with E-state index in [1.807, 2.05) is 0 Å². The number of nitrogens with zero attached hydrogens (tertiary/aromatic N) is 3. The van der Waals surface area contributed by atoms with Gasteiger partial charge in [0.2, 0.25) is 17.7 Å². The maximum Gasteiger partial charge on any atom is 0.277 e. The van der Waals surface area contributed by atoms with Crippen molar-refractivity contribution in [3.05, 3.63) is 35.2 Å². The molecule has 2 heterocycles. The molecule has 0 unspecified atom stereocenters. The maximum absolute atomic E-state index is 11.9. The van der Waals surface area contributed by atoms with Crippen LogP contribution in [0.4, 0.5) is 5.69 Å². The number of halogens is 1. The Balaban J connectivity index is 1.47. The highest BCUT2D eigenvalue weighted by molar-refractivity contribution is 7.99. The fraction of sp³-hybridized carbons (Fsp3) is 0.333. The first-order chi connectivity index (χ1) is 11.6. The molecule has 0 bridgehead atoms. The second kappa shape index (κ2) is 7.67. The van der Waals surface area contributed by atoms with Gasteiger partial charge >= 0.3 is 0 Å². The van der Waals surface area contributed by atoms with Gasteiger partial charge in [-0.1, -0.05) is 23.4 Å². The number of benzene rings is 1. The molecular formula is C15H15ClN4O3S. The van der Waals surface area contributed by atoms with Crippen LogP contribution in [0.5, 0.6) is 0 Å². The van der Waals surface area contributed by atoms with Crippen LogP contribution in [0.2, 0.25) is 5.02 Å². The Labute approximate surface area is 147 Å². The van der Waals surface area contributed by atoms with Crippen molar-refractivity contribution in [2.45, 2.75) is 24.6 Å². The lowest BCUT2D eigenvalue weighted by Gasteiger charge is -2.11. The van der Waals surface area contributed by atoms with Crippen molar-refractivity contribution in [3.8, 4) is 0 Å². The second-order valence-electron chi connectivity index (χ2n) is 5.22. The predicted octanol–water partition coefficient (Wildman–Crippen LogP) is 2.58. The van der Waals surface area contributed by atoms with Crippen LogP contribution in [0.15, 0.2) is 33.9 Å². The molecule has 1 fully saturated rings. The summed E-state index contributed by atoms with van der Waals surface area (Å²) in [5.41, 5.74) is 0.670. The molecule has 9 heteroatoms. The Kier molecular flexibility index (Phi) is 5.37. The fourth-order valence-electron chi connectivity index (χ4n) is 2.25. The van der Waals surface area contributed by atoms with Crippen LogP contribution in [0.3, 0.4) is 0 Å². The molecule has 1 aliphatic rings. The van der Waals surface area contributed by atoms with E-state index in [0.29, 0.717) is 41.3 Å². The number of hydrogen-bond acceptors (Lipinski definition) is 6. The van der Waals surface area contributed by atoms with E-state index in [1.54, 1.807) is 29.2 Å². The van der Waals surface area contributed by atoms with E-state index < -0.39 is 0 Å². The molecule has 2 amide bonds. The van der Waals surface area contributed by atoms with Crippen molar-refractivity contribution >= 4 is 40.9 Å². The summed E-state index contributed by atoms with van der Waals surface area (Å²) in [5.74, 6) is 0.444. The van der Waals surface area contributed by atoms with Crippen LogP contribution in [-0.2, 0) is 16.1 Å². The number of amides is 2. The van der Waals surface area contributed by atoms with Gasteiger partial charge in [-0.3, -0.25) is 9.59 Å². The average Bonchev–Trinajstić information content (AvgIpc) is 3.18. The van der Waals surface area contributed by atoms with E-state index in [2.05, 4.69) is 15.5 Å². The van der Waals surface area contributed by atoms with Crippen molar-refractivity contribution in [2.75, 3.05) is 17.6 Å². The Morgan fingerprint density at radius 2 is 2.12 bits per heavy atom. The lowest BCUT2D eigenvalue weighted by Crippen LogP contribution is -2.23. The minimum absolute atomic E-state index is 0.102. The Morgan fingerprint density at radius 1 is 1.33 bits per heavy atom. The summed E-state index contributed by atoms with van der Waals surface area (Å²) >= 11 is 6.94. The van der Waals surface area contributed by atoms with Crippen molar-refractivity contribution in [1.29, 1.82) is 0 Å². The first-order valence-corrected chi connectivity index (χ1v) is 8.75. The minimum Gasteiger partial charge on any atom is -0.414 e. The number of anilines is 1. The molecule has 1 aliphatic heterocycles. The molecule has 126 valence electrons. The normalized spacial score (nSPS) is 14.2. The highest BCUT2D eigenvalue weighted by Crippen LogP contribution is 2.19. The van der Waals surface area contributed by atoms with Gasteiger partial charge in [0.05, 0.1) is 12.3 Å². The molecule has 7 nitrogen and oxygen atoms in total. The predicted molar refractivity (Wildman–Crippen MR) is 89.8 cm³/mol. The highest BCUT2D eigenvalue weighted by Gasteiger charge is 2.22. The Bertz CT molecular complexity index is 735. The zero-order chi connectivity index (χ0) is 16.9. The van der Waals surface area contributed by atoms with Gasteiger partial charge in [-0.2, -0.15) is 0 Å². The second-order valence-corrected chi connectivity index (χ2v) is 6.59. The summed E-state index contributed by atoms with van der Waals surface area (Å²) in [6.45, 7) is 1.04. The number of aromatic nitrogens is 2. The summed E-state index contributed by atoms with van der Waals surface area (Å²) in [4.78, 5) is 25.1. The molecular weight excluding hydrogens is 352 g/mol. The number of likely N-dealkylation sites (tertiary alicyclic amines) is 1. The van der Waals surface area contributed by atoms with Gasteiger partial charge in [0.1, 0.15) is 0 Å². The van der Waals surface area contributed by atoms with E-state index in [0.717, 1.165) is 18.2 Å². The molecule has 1 saturated heterocycles. The van der Waals surface area contributed by atoms with Crippen LogP contribution >= 0.6 is 23.4 Å². The van der Waals surface area contributed by atoms with Gasteiger partial charge in [-0.05, 0) is 30.7 Å². The molecule has 2 aromatic rings. The van der Waals surface area contributed by atoms with Crippen molar-refractivity contribution in [3.63, 3.8) is 0 Å². The largest absolute Gasteiger partial charge is 0.414 e. The summed E-state index contributed by atoms with van der Waals surface area (Å²) < 4.78 is 5.46. The smallest absolute Gasteiger partial charge is 0.277 e. The molecule has 1 N–H and O–H groups in total. The quantitative estimate of drug-likeness (QED) is 0.790. The Morgan fingerprint density at radius 3 is 2.83 bits per heavy atom. The van der Waals surface area contributed by atoms with Crippen LogP contribution in [0.25, 0.3) is 0 Å². The molecule has 0 spiro atoms. The molecule has 0 atom stereocenters. The van der Waals surface area contributed by atoms with E-state index in [9.17, 15) is 9.59 Å². The SMILES string of the molecule is O=C(CSc1nnc(CN2CCCC2=O)o1)Nc1ccc(Cl)cc1. The number of carbonyl (C=O) groups excluding carboxylic acids is 2. The van der Waals surface area contributed by atoms with Gasteiger partial charge in [0.15, 0.2) is 0 Å². The maximum atomic E-state index is 11.9. The first kappa shape index (κ1) is 16.8. The molecule has 24 heavy (non-hydrogen) atoms. The first-order valence-electron chi connectivity index (χ1n) is 7.38.